The molecule has 0 amide bonds. The lowest BCUT2D eigenvalue weighted by Gasteiger charge is -2.34. The molecule has 1 atom stereocenters. The zero-order chi connectivity index (χ0) is 11.5. The maximum Gasteiger partial charge on any atom is 0.326 e. The lowest BCUT2D eigenvalue weighted by Crippen LogP contribution is -2.44. The molecule has 0 aliphatic carbocycles. The topological polar surface area (TPSA) is 40.5 Å². The molecular weight excluding hydrogens is 270 g/mol. The summed E-state index contributed by atoms with van der Waals surface area (Å²) < 4.78 is 0.986. The van der Waals surface area contributed by atoms with Crippen molar-refractivity contribution >= 4 is 27.6 Å². The Morgan fingerprint density at radius 3 is 2.94 bits per heavy atom. The lowest BCUT2D eigenvalue weighted by molar-refractivity contribution is -0.139. The first-order chi connectivity index (χ1) is 7.68. The summed E-state index contributed by atoms with van der Waals surface area (Å²) in [7, 11) is 0. The number of aliphatic carboxylic acids is 1. The average molecular weight is 284 g/mol. The summed E-state index contributed by atoms with van der Waals surface area (Å²) in [6.45, 7) is 0.827. The van der Waals surface area contributed by atoms with E-state index in [9.17, 15) is 9.90 Å². The van der Waals surface area contributed by atoms with Gasteiger partial charge in [-0.2, -0.15) is 0 Å². The second kappa shape index (κ2) is 4.87. The molecule has 0 saturated carbocycles. The zero-order valence-corrected chi connectivity index (χ0v) is 10.5. The Bertz CT molecular complexity index is 394. The first-order valence-corrected chi connectivity index (χ1v) is 6.23. The number of hydrogen-bond acceptors (Lipinski definition) is 2. The third-order valence-corrected chi connectivity index (χ3v) is 3.42. The van der Waals surface area contributed by atoms with Crippen LogP contribution < -0.4 is 4.90 Å². The Morgan fingerprint density at radius 1 is 1.44 bits per heavy atom. The highest BCUT2D eigenvalue weighted by atomic mass is 79.9. The van der Waals surface area contributed by atoms with Crippen LogP contribution in [0.5, 0.6) is 0 Å². The maximum absolute atomic E-state index is 11.2. The van der Waals surface area contributed by atoms with Gasteiger partial charge in [0.05, 0.1) is 0 Å². The smallest absolute Gasteiger partial charge is 0.326 e. The molecule has 1 N–H and O–H groups in total. The van der Waals surface area contributed by atoms with Crippen molar-refractivity contribution in [1.29, 1.82) is 0 Å². The van der Waals surface area contributed by atoms with Crippen molar-refractivity contribution in [2.75, 3.05) is 11.4 Å². The van der Waals surface area contributed by atoms with E-state index >= 15 is 0 Å². The molecule has 4 heteroatoms. The van der Waals surface area contributed by atoms with E-state index in [0.717, 1.165) is 36.0 Å². The van der Waals surface area contributed by atoms with Gasteiger partial charge in [-0.25, -0.2) is 4.79 Å². The molecule has 1 fully saturated rings. The average Bonchev–Trinajstić information content (AvgIpc) is 2.29. The van der Waals surface area contributed by atoms with Crippen LogP contribution in [0.25, 0.3) is 0 Å². The van der Waals surface area contributed by atoms with Crippen molar-refractivity contribution in [3.8, 4) is 0 Å². The van der Waals surface area contributed by atoms with Gasteiger partial charge in [0.2, 0.25) is 0 Å². The predicted octanol–water partition coefficient (Wildman–Crippen LogP) is 2.89. The van der Waals surface area contributed by atoms with Gasteiger partial charge in [-0.1, -0.05) is 22.0 Å². The maximum atomic E-state index is 11.2. The number of anilines is 1. The van der Waals surface area contributed by atoms with Crippen LogP contribution in [0.2, 0.25) is 0 Å². The fraction of sp³-hybridized carbons (Fsp3) is 0.417. The minimum absolute atomic E-state index is 0.372. The first-order valence-electron chi connectivity index (χ1n) is 5.43. The molecule has 1 aliphatic rings. The number of halogens is 1. The van der Waals surface area contributed by atoms with Gasteiger partial charge in [0, 0.05) is 16.7 Å². The van der Waals surface area contributed by atoms with Gasteiger partial charge in [-0.05, 0) is 37.5 Å². The van der Waals surface area contributed by atoms with E-state index in [1.807, 2.05) is 29.2 Å². The molecular formula is C12H14BrNO2. The molecule has 16 heavy (non-hydrogen) atoms. The molecule has 0 radical (unpaired) electrons. The molecule has 1 aromatic rings. The minimum atomic E-state index is -0.723. The molecule has 3 nitrogen and oxygen atoms in total. The fourth-order valence-corrected chi connectivity index (χ4v) is 2.54. The highest BCUT2D eigenvalue weighted by molar-refractivity contribution is 9.10. The van der Waals surface area contributed by atoms with Crippen LogP contribution in [-0.4, -0.2) is 23.7 Å². The van der Waals surface area contributed by atoms with Crippen LogP contribution in [0.15, 0.2) is 28.7 Å². The molecule has 0 aromatic heterocycles. The summed E-state index contributed by atoms with van der Waals surface area (Å²) in [5, 5.41) is 9.19. The number of carboxylic acids is 1. The monoisotopic (exact) mass is 283 g/mol. The molecule has 0 unspecified atom stereocenters. The highest BCUT2D eigenvalue weighted by Crippen LogP contribution is 2.27. The molecule has 1 heterocycles. The quantitative estimate of drug-likeness (QED) is 0.907. The summed E-state index contributed by atoms with van der Waals surface area (Å²) in [5.74, 6) is -0.723. The van der Waals surface area contributed by atoms with Crippen molar-refractivity contribution in [2.45, 2.75) is 25.3 Å². The Morgan fingerprint density at radius 2 is 2.25 bits per heavy atom. The van der Waals surface area contributed by atoms with E-state index in [0.29, 0.717) is 0 Å². The van der Waals surface area contributed by atoms with Gasteiger partial charge in [-0.3, -0.25) is 0 Å². The summed E-state index contributed by atoms with van der Waals surface area (Å²) in [5.41, 5.74) is 0.987. The normalized spacial score (nSPS) is 20.8. The molecule has 86 valence electrons. The number of hydrogen-bond donors (Lipinski definition) is 1. The molecule has 2 rings (SSSR count). The van der Waals surface area contributed by atoms with Crippen molar-refractivity contribution in [3.63, 3.8) is 0 Å². The summed E-state index contributed by atoms with van der Waals surface area (Å²) >= 11 is 3.41. The van der Waals surface area contributed by atoms with E-state index in [2.05, 4.69) is 15.9 Å². The summed E-state index contributed by atoms with van der Waals surface area (Å²) in [6, 6.07) is 7.45. The minimum Gasteiger partial charge on any atom is -0.480 e. The standard InChI is InChI=1S/C12H14BrNO2/c13-9-4-3-5-10(8-9)14-7-2-1-6-11(14)12(15)16/h3-5,8,11H,1-2,6-7H2,(H,15,16)/t11-/m0/s1. The van der Waals surface area contributed by atoms with E-state index in [-0.39, 0.29) is 6.04 Å². The largest absolute Gasteiger partial charge is 0.480 e. The highest BCUT2D eigenvalue weighted by Gasteiger charge is 2.28. The zero-order valence-electron chi connectivity index (χ0n) is 8.90. The van der Waals surface area contributed by atoms with Gasteiger partial charge < -0.3 is 10.0 Å². The number of rotatable bonds is 2. The third kappa shape index (κ3) is 2.38. The Kier molecular flexibility index (Phi) is 3.49. The molecule has 1 aliphatic heterocycles. The van der Waals surface area contributed by atoms with Gasteiger partial charge in [0.15, 0.2) is 0 Å². The molecule has 1 aromatic carbocycles. The SMILES string of the molecule is O=C(O)[C@@H]1CCCCN1c1cccc(Br)c1. The van der Waals surface area contributed by atoms with Gasteiger partial charge in [-0.15, -0.1) is 0 Å². The van der Waals surface area contributed by atoms with E-state index in [4.69, 9.17) is 0 Å². The van der Waals surface area contributed by atoms with E-state index in [1.165, 1.54) is 0 Å². The molecule has 1 saturated heterocycles. The van der Waals surface area contributed by atoms with E-state index in [1.54, 1.807) is 0 Å². The number of piperidine rings is 1. The second-order valence-corrected chi connectivity index (χ2v) is 4.94. The van der Waals surface area contributed by atoms with Crippen molar-refractivity contribution in [3.05, 3.63) is 28.7 Å². The molecule has 0 bridgehead atoms. The summed E-state index contributed by atoms with van der Waals surface area (Å²) in [4.78, 5) is 13.2. The lowest BCUT2D eigenvalue weighted by atomic mass is 10.0. The van der Waals surface area contributed by atoms with Gasteiger partial charge in [0.1, 0.15) is 6.04 Å². The van der Waals surface area contributed by atoms with Crippen molar-refractivity contribution in [1.82, 2.24) is 0 Å². The number of benzene rings is 1. The predicted molar refractivity (Wildman–Crippen MR) is 66.8 cm³/mol. The van der Waals surface area contributed by atoms with Crippen LogP contribution in [-0.2, 0) is 4.79 Å². The molecule has 0 spiro atoms. The van der Waals surface area contributed by atoms with Crippen LogP contribution in [0, 0.1) is 0 Å². The third-order valence-electron chi connectivity index (χ3n) is 2.93. The second-order valence-electron chi connectivity index (χ2n) is 4.02. The Balaban J connectivity index is 2.26. The number of carboxylic acid groups (broad SMARTS) is 1. The Labute approximate surface area is 103 Å². The number of carbonyl (C=O) groups is 1. The van der Waals surface area contributed by atoms with Crippen molar-refractivity contribution in [2.24, 2.45) is 0 Å². The van der Waals surface area contributed by atoms with Crippen LogP contribution in [0.3, 0.4) is 0 Å². The number of nitrogens with zero attached hydrogens (tertiary/aromatic N) is 1. The van der Waals surface area contributed by atoms with Crippen LogP contribution in [0.1, 0.15) is 19.3 Å². The van der Waals surface area contributed by atoms with Gasteiger partial charge in [0.25, 0.3) is 0 Å². The Hall–Kier alpha value is -1.03. The van der Waals surface area contributed by atoms with Crippen LogP contribution in [0.4, 0.5) is 5.69 Å². The van der Waals surface area contributed by atoms with Gasteiger partial charge >= 0.3 is 5.97 Å². The van der Waals surface area contributed by atoms with Crippen molar-refractivity contribution < 1.29 is 9.90 Å². The first kappa shape index (κ1) is 11.5. The fourth-order valence-electron chi connectivity index (χ4n) is 2.15. The summed E-state index contributed by atoms with van der Waals surface area (Å²) in [6.07, 6.45) is 2.81. The van der Waals surface area contributed by atoms with E-state index < -0.39 is 5.97 Å². The van der Waals surface area contributed by atoms with Crippen LogP contribution >= 0.6 is 15.9 Å².